The maximum Gasteiger partial charge on any atom is 0.435 e. The van der Waals surface area contributed by atoms with Crippen molar-refractivity contribution in [2.45, 2.75) is 13.1 Å². The van der Waals surface area contributed by atoms with E-state index in [2.05, 4.69) is 26.1 Å². The number of carboxylic acids is 1. The van der Waals surface area contributed by atoms with Gasteiger partial charge < -0.3 is 9.84 Å². The van der Waals surface area contributed by atoms with Gasteiger partial charge in [-0.2, -0.15) is 13.2 Å². The van der Waals surface area contributed by atoms with Crippen LogP contribution in [0.2, 0.25) is 0 Å². The Morgan fingerprint density at radius 3 is 2.50 bits per heavy atom. The molecule has 0 saturated heterocycles. The predicted octanol–water partition coefficient (Wildman–Crippen LogP) is 4.06. The lowest BCUT2D eigenvalue weighted by molar-refractivity contribution is -0.141. The molecule has 1 heterocycles. The molecule has 0 bridgehead atoms. The Morgan fingerprint density at radius 2 is 1.95 bits per heavy atom. The number of halogens is 4. The van der Waals surface area contributed by atoms with Crippen LogP contribution < -0.4 is 4.74 Å². The minimum absolute atomic E-state index is 0.264. The number of benzene rings is 1. The van der Waals surface area contributed by atoms with E-state index in [1.165, 1.54) is 6.07 Å². The number of aryl methyl sites for hydroxylation is 1. The summed E-state index contributed by atoms with van der Waals surface area (Å²) >= 11 is 3.25. The summed E-state index contributed by atoms with van der Waals surface area (Å²) < 4.78 is 43.7. The topological polar surface area (TPSA) is 72.3 Å². The van der Waals surface area contributed by atoms with Crippen LogP contribution in [0.3, 0.4) is 0 Å². The summed E-state index contributed by atoms with van der Waals surface area (Å²) in [6, 6.07) is 5.26. The first kappa shape index (κ1) is 16.2. The Kier molecular flexibility index (Phi) is 4.36. The summed E-state index contributed by atoms with van der Waals surface area (Å²) in [6.07, 6.45) is -4.79. The minimum Gasteiger partial charge on any atom is -0.477 e. The SMILES string of the molecule is Cc1cc(Br)ccc1Oc1nnc(C(F)(F)F)cc1C(=O)O. The summed E-state index contributed by atoms with van der Waals surface area (Å²) in [4.78, 5) is 11.1. The van der Waals surface area contributed by atoms with Crippen LogP contribution >= 0.6 is 15.9 Å². The number of aromatic carboxylic acids is 1. The second-order valence-corrected chi connectivity index (χ2v) is 5.18. The van der Waals surface area contributed by atoms with Gasteiger partial charge in [0, 0.05) is 4.47 Å². The van der Waals surface area contributed by atoms with Crippen molar-refractivity contribution in [2.75, 3.05) is 0 Å². The number of aromatic nitrogens is 2. The van der Waals surface area contributed by atoms with Gasteiger partial charge in [-0.05, 0) is 36.8 Å². The van der Waals surface area contributed by atoms with E-state index in [4.69, 9.17) is 9.84 Å². The second-order valence-electron chi connectivity index (χ2n) is 4.26. The highest BCUT2D eigenvalue weighted by molar-refractivity contribution is 9.10. The molecule has 22 heavy (non-hydrogen) atoms. The summed E-state index contributed by atoms with van der Waals surface area (Å²) in [5.41, 5.74) is -1.47. The van der Waals surface area contributed by atoms with Gasteiger partial charge in [0.05, 0.1) is 0 Å². The fourth-order valence-corrected chi connectivity index (χ4v) is 2.05. The Labute approximate surface area is 130 Å². The zero-order valence-electron chi connectivity index (χ0n) is 11.0. The van der Waals surface area contributed by atoms with Crippen LogP contribution in [0.5, 0.6) is 11.6 Å². The third-order valence-electron chi connectivity index (χ3n) is 2.62. The molecule has 0 aliphatic heterocycles. The van der Waals surface area contributed by atoms with E-state index in [0.717, 1.165) is 4.47 Å². The lowest BCUT2D eigenvalue weighted by Crippen LogP contribution is -2.13. The Hall–Kier alpha value is -2.16. The van der Waals surface area contributed by atoms with E-state index in [9.17, 15) is 18.0 Å². The molecule has 2 rings (SSSR count). The van der Waals surface area contributed by atoms with Crippen LogP contribution in [0.15, 0.2) is 28.7 Å². The molecule has 5 nitrogen and oxygen atoms in total. The zero-order valence-corrected chi connectivity index (χ0v) is 12.6. The van der Waals surface area contributed by atoms with Crippen molar-refractivity contribution in [1.82, 2.24) is 10.2 Å². The molecule has 0 aliphatic carbocycles. The van der Waals surface area contributed by atoms with Crippen LogP contribution in [0.1, 0.15) is 21.6 Å². The van der Waals surface area contributed by atoms with Crippen LogP contribution in [-0.2, 0) is 6.18 Å². The molecule has 0 unspecified atom stereocenters. The predicted molar refractivity (Wildman–Crippen MR) is 72.9 cm³/mol. The first-order chi connectivity index (χ1) is 10.2. The number of carboxylic acid groups (broad SMARTS) is 1. The Bertz CT molecular complexity index is 735. The molecule has 116 valence electrons. The molecule has 1 aromatic carbocycles. The monoisotopic (exact) mass is 376 g/mol. The van der Waals surface area contributed by atoms with Crippen LogP contribution in [-0.4, -0.2) is 21.3 Å². The number of hydrogen-bond donors (Lipinski definition) is 1. The molecule has 0 aliphatic rings. The highest BCUT2D eigenvalue weighted by atomic mass is 79.9. The lowest BCUT2D eigenvalue weighted by atomic mass is 10.2. The number of hydrogen-bond acceptors (Lipinski definition) is 4. The van der Waals surface area contributed by atoms with Crippen LogP contribution in [0.25, 0.3) is 0 Å². The van der Waals surface area contributed by atoms with Gasteiger partial charge in [0.15, 0.2) is 5.69 Å². The molecule has 0 spiro atoms. The summed E-state index contributed by atoms with van der Waals surface area (Å²) in [5.74, 6) is -1.84. The van der Waals surface area contributed by atoms with Gasteiger partial charge in [0.1, 0.15) is 11.3 Å². The van der Waals surface area contributed by atoms with E-state index in [1.54, 1.807) is 19.1 Å². The van der Waals surface area contributed by atoms with Gasteiger partial charge >= 0.3 is 12.1 Å². The van der Waals surface area contributed by atoms with E-state index >= 15 is 0 Å². The second kappa shape index (κ2) is 5.91. The summed E-state index contributed by atoms with van der Waals surface area (Å²) in [5, 5.41) is 15.2. The van der Waals surface area contributed by atoms with Gasteiger partial charge in [0.25, 0.3) is 5.88 Å². The number of alkyl halides is 3. The molecule has 2 aromatic rings. The standard InChI is InChI=1S/C13H8BrF3N2O3/c1-6-4-7(14)2-3-9(6)22-11-8(12(20)21)5-10(18-19-11)13(15,16)17/h2-5H,1H3,(H,20,21). The molecule has 0 amide bonds. The summed E-state index contributed by atoms with van der Waals surface area (Å²) in [7, 11) is 0. The Morgan fingerprint density at radius 1 is 1.27 bits per heavy atom. The fraction of sp³-hybridized carbons (Fsp3) is 0.154. The van der Waals surface area contributed by atoms with Gasteiger partial charge in [-0.25, -0.2) is 4.79 Å². The molecular weight excluding hydrogens is 369 g/mol. The highest BCUT2D eigenvalue weighted by Gasteiger charge is 2.35. The number of carbonyl (C=O) groups is 1. The smallest absolute Gasteiger partial charge is 0.435 e. The first-order valence-electron chi connectivity index (χ1n) is 5.80. The van der Waals surface area contributed by atoms with Crippen molar-refractivity contribution in [3.8, 4) is 11.6 Å². The third kappa shape index (κ3) is 3.53. The van der Waals surface area contributed by atoms with Gasteiger partial charge in [-0.3, -0.25) is 0 Å². The Balaban J connectivity index is 2.44. The van der Waals surface area contributed by atoms with Crippen molar-refractivity contribution >= 4 is 21.9 Å². The van der Waals surface area contributed by atoms with Crippen molar-refractivity contribution in [1.29, 1.82) is 0 Å². The van der Waals surface area contributed by atoms with Crippen molar-refractivity contribution in [3.63, 3.8) is 0 Å². The van der Waals surface area contributed by atoms with Crippen molar-refractivity contribution < 1.29 is 27.8 Å². The fourth-order valence-electron chi connectivity index (χ4n) is 1.58. The number of nitrogens with zero attached hydrogens (tertiary/aromatic N) is 2. The quantitative estimate of drug-likeness (QED) is 0.874. The molecular formula is C13H8BrF3N2O3. The highest BCUT2D eigenvalue weighted by Crippen LogP contribution is 2.32. The maximum atomic E-state index is 12.6. The lowest BCUT2D eigenvalue weighted by Gasteiger charge is -2.11. The van der Waals surface area contributed by atoms with Crippen LogP contribution in [0, 0.1) is 6.92 Å². The average molecular weight is 377 g/mol. The van der Waals surface area contributed by atoms with Crippen molar-refractivity contribution in [2.24, 2.45) is 0 Å². The van der Waals surface area contributed by atoms with E-state index < -0.39 is 29.3 Å². The number of rotatable bonds is 3. The molecule has 9 heteroatoms. The molecule has 0 atom stereocenters. The van der Waals surface area contributed by atoms with Gasteiger partial charge in [-0.1, -0.05) is 15.9 Å². The van der Waals surface area contributed by atoms with Crippen LogP contribution in [0.4, 0.5) is 13.2 Å². The zero-order chi connectivity index (χ0) is 16.5. The van der Waals surface area contributed by atoms with E-state index in [0.29, 0.717) is 11.6 Å². The molecule has 0 saturated carbocycles. The van der Waals surface area contributed by atoms with Gasteiger partial charge in [0.2, 0.25) is 0 Å². The number of ether oxygens (including phenoxy) is 1. The first-order valence-corrected chi connectivity index (χ1v) is 6.60. The van der Waals surface area contributed by atoms with E-state index in [-0.39, 0.29) is 5.75 Å². The van der Waals surface area contributed by atoms with Gasteiger partial charge in [-0.15, -0.1) is 10.2 Å². The average Bonchev–Trinajstić information content (AvgIpc) is 2.40. The molecule has 1 aromatic heterocycles. The van der Waals surface area contributed by atoms with Crippen molar-refractivity contribution in [3.05, 3.63) is 45.6 Å². The normalized spacial score (nSPS) is 11.3. The molecule has 1 N–H and O–H groups in total. The van der Waals surface area contributed by atoms with E-state index in [1.807, 2.05) is 0 Å². The minimum atomic E-state index is -4.79. The molecule has 0 radical (unpaired) electrons. The third-order valence-corrected chi connectivity index (χ3v) is 3.12. The largest absolute Gasteiger partial charge is 0.477 e. The summed E-state index contributed by atoms with van der Waals surface area (Å²) in [6.45, 7) is 1.69. The molecule has 0 fully saturated rings. The maximum absolute atomic E-state index is 12.6.